The van der Waals surface area contributed by atoms with Gasteiger partial charge in [-0.15, -0.1) is 0 Å². The Kier molecular flexibility index (Phi) is 13.1. The van der Waals surface area contributed by atoms with Crippen molar-refractivity contribution in [2.24, 2.45) is 0 Å². The number of rotatable bonds is 8. The van der Waals surface area contributed by atoms with Crippen LogP contribution in [0.1, 0.15) is 82.4 Å². The van der Waals surface area contributed by atoms with Crippen LogP contribution in [-0.4, -0.2) is 29.6 Å². The maximum atomic E-state index is 13.5. The zero-order chi connectivity index (χ0) is 35.8. The van der Waals surface area contributed by atoms with E-state index in [2.05, 4.69) is 17.0 Å². The van der Waals surface area contributed by atoms with Crippen molar-refractivity contribution in [3.63, 3.8) is 0 Å². The molecular weight excluding hydrogens is 701 g/mol. The Bertz CT molecular complexity index is 1900. The van der Waals surface area contributed by atoms with Crippen molar-refractivity contribution in [2.45, 2.75) is 62.3 Å². The summed E-state index contributed by atoms with van der Waals surface area (Å²) in [6, 6.07) is 34.2. The van der Waals surface area contributed by atoms with E-state index >= 15 is 0 Å². The molecule has 52 heavy (non-hydrogen) atoms. The van der Waals surface area contributed by atoms with Gasteiger partial charge in [0.2, 0.25) is 0 Å². The molecule has 0 atom stereocenters. The number of hydrogen-bond acceptors (Lipinski definition) is 3. The van der Waals surface area contributed by atoms with Crippen LogP contribution in [0.25, 0.3) is 0 Å². The second kappa shape index (κ2) is 17.5. The monoisotopic (exact) mass is 742 g/mol. The van der Waals surface area contributed by atoms with E-state index in [1.807, 2.05) is 18.2 Å². The van der Waals surface area contributed by atoms with Crippen LogP contribution < -0.4 is 0 Å². The van der Waals surface area contributed by atoms with Crippen molar-refractivity contribution < 1.29 is 45.7 Å². The van der Waals surface area contributed by atoms with Gasteiger partial charge >= 0.3 is 0 Å². The minimum absolute atomic E-state index is 0. The Balaban J connectivity index is 0.000000205. The summed E-state index contributed by atoms with van der Waals surface area (Å²) in [6.45, 7) is 2.36. The number of likely N-dealkylation sites (tertiary alicyclic amines) is 1. The van der Waals surface area contributed by atoms with Crippen LogP contribution in [-0.2, 0) is 35.9 Å². The molecule has 7 rings (SSSR count). The molecule has 3 nitrogen and oxygen atoms in total. The second-order valence-electron chi connectivity index (χ2n) is 13.7. The first kappa shape index (κ1) is 38.9. The van der Waals surface area contributed by atoms with Gasteiger partial charge in [-0.3, -0.25) is 14.5 Å². The van der Waals surface area contributed by atoms with E-state index < -0.39 is 10.8 Å². The normalized spacial score (nSPS) is 16.5. The SMILES string of the molecule is O=C(c1ccc(F)cc1)C1(c2ccc(F)cc2)CCCCC1.O=C(c1ccc(F)cc1)C1(c2ccc(F)cc2)CCN(Cc2ccccc2)CC1.[V]. The maximum Gasteiger partial charge on any atom is 0.173 e. The van der Waals surface area contributed by atoms with E-state index in [0.717, 1.165) is 62.9 Å². The third-order valence-electron chi connectivity index (χ3n) is 10.5. The molecule has 1 saturated heterocycles. The molecule has 1 saturated carbocycles. The molecule has 0 spiro atoms. The van der Waals surface area contributed by atoms with Crippen LogP contribution in [0.4, 0.5) is 17.6 Å². The standard InChI is InChI=1S/C25H23F2NO.C19H18F2O.V/c26-22-10-6-20(7-11-22)24(29)25(21-8-12-23(27)13-9-21)14-16-28(17-15-25)18-19-4-2-1-3-5-19;20-16-8-4-14(5-9-16)18(22)19(12-2-1-3-13-19)15-6-10-17(21)11-7-15;/h1-13H,14-18H2;4-11H,1-3,12-13H2;. The van der Waals surface area contributed by atoms with Gasteiger partial charge < -0.3 is 0 Å². The van der Waals surface area contributed by atoms with Crippen molar-refractivity contribution in [1.82, 2.24) is 4.90 Å². The fourth-order valence-corrected chi connectivity index (χ4v) is 7.68. The Hall–Kier alpha value is -4.30. The molecule has 1 aliphatic heterocycles. The number of piperidine rings is 1. The average molecular weight is 743 g/mol. The minimum Gasteiger partial charge on any atom is -0.299 e. The predicted molar refractivity (Wildman–Crippen MR) is 192 cm³/mol. The first-order valence-corrected chi connectivity index (χ1v) is 17.6. The third-order valence-corrected chi connectivity index (χ3v) is 10.5. The van der Waals surface area contributed by atoms with Crippen molar-refractivity contribution >= 4 is 11.6 Å². The van der Waals surface area contributed by atoms with Crippen LogP contribution in [0.15, 0.2) is 127 Å². The zero-order valence-corrected chi connectivity index (χ0v) is 30.3. The molecule has 0 amide bonds. The zero-order valence-electron chi connectivity index (χ0n) is 28.9. The summed E-state index contributed by atoms with van der Waals surface area (Å²) in [5, 5.41) is 0. The first-order chi connectivity index (χ1) is 24.7. The fraction of sp³-hybridized carbons (Fsp3) is 0.273. The van der Waals surface area contributed by atoms with Crippen LogP contribution >= 0.6 is 0 Å². The molecule has 267 valence electrons. The van der Waals surface area contributed by atoms with Gasteiger partial charge in [-0.05, 0) is 128 Å². The Morgan fingerprint density at radius 2 is 0.846 bits per heavy atom. The molecule has 0 N–H and O–H groups in total. The van der Waals surface area contributed by atoms with Crippen molar-refractivity contribution in [1.29, 1.82) is 0 Å². The number of hydrogen-bond donors (Lipinski definition) is 0. The second-order valence-corrected chi connectivity index (χ2v) is 13.7. The number of ketones is 2. The van der Waals surface area contributed by atoms with E-state index in [9.17, 15) is 27.2 Å². The Morgan fingerprint density at radius 1 is 0.481 bits per heavy atom. The fourth-order valence-electron chi connectivity index (χ4n) is 7.68. The largest absolute Gasteiger partial charge is 0.299 e. The quantitative estimate of drug-likeness (QED) is 0.117. The van der Waals surface area contributed by atoms with Crippen LogP contribution in [0.5, 0.6) is 0 Å². The summed E-state index contributed by atoms with van der Waals surface area (Å²) in [6.07, 6.45) is 5.86. The molecule has 8 heteroatoms. The summed E-state index contributed by atoms with van der Waals surface area (Å²) < 4.78 is 53.2. The summed E-state index contributed by atoms with van der Waals surface area (Å²) in [5.41, 5.74) is 2.62. The van der Waals surface area contributed by atoms with Gasteiger partial charge in [-0.1, -0.05) is 73.9 Å². The number of nitrogens with zero attached hydrogens (tertiary/aromatic N) is 1. The van der Waals surface area contributed by atoms with E-state index in [-0.39, 0.29) is 53.4 Å². The predicted octanol–water partition coefficient (Wildman–Crippen LogP) is 10.4. The van der Waals surface area contributed by atoms with Crippen LogP contribution in [0, 0.1) is 23.3 Å². The number of carbonyl (C=O) groups is 2. The summed E-state index contributed by atoms with van der Waals surface area (Å²) in [5.74, 6) is -1.35. The minimum atomic E-state index is -0.723. The number of Topliss-reactive ketones (excluding diaryl/α,β-unsaturated/α-hetero) is 2. The van der Waals surface area contributed by atoms with Crippen molar-refractivity contribution in [3.8, 4) is 0 Å². The van der Waals surface area contributed by atoms with E-state index in [0.29, 0.717) is 24.0 Å². The van der Waals surface area contributed by atoms with Crippen molar-refractivity contribution in [3.05, 3.63) is 178 Å². The summed E-state index contributed by atoms with van der Waals surface area (Å²) >= 11 is 0. The van der Waals surface area contributed by atoms with E-state index in [4.69, 9.17) is 0 Å². The molecule has 1 aliphatic carbocycles. The number of benzene rings is 5. The third kappa shape index (κ3) is 8.83. The average Bonchev–Trinajstić information content (AvgIpc) is 3.17. The van der Waals surface area contributed by atoms with Gasteiger partial charge in [-0.2, -0.15) is 0 Å². The maximum absolute atomic E-state index is 13.5. The molecule has 2 fully saturated rings. The van der Waals surface area contributed by atoms with Gasteiger partial charge in [0, 0.05) is 36.2 Å². The topological polar surface area (TPSA) is 37.4 Å². The molecule has 1 heterocycles. The van der Waals surface area contributed by atoms with E-state index in [1.165, 1.54) is 66.2 Å². The van der Waals surface area contributed by atoms with Gasteiger partial charge in [0.15, 0.2) is 11.6 Å². The molecule has 5 aromatic carbocycles. The van der Waals surface area contributed by atoms with Gasteiger partial charge in [0.05, 0.1) is 10.8 Å². The molecular formula is C44H41F4NO2V. The van der Waals surface area contributed by atoms with Gasteiger partial charge in [-0.25, -0.2) is 17.6 Å². The molecule has 5 aromatic rings. The molecule has 1 radical (unpaired) electrons. The van der Waals surface area contributed by atoms with Gasteiger partial charge in [0.1, 0.15) is 23.3 Å². The van der Waals surface area contributed by atoms with Crippen LogP contribution in [0.2, 0.25) is 0 Å². The molecule has 0 unspecified atom stereocenters. The van der Waals surface area contributed by atoms with Crippen molar-refractivity contribution in [2.75, 3.05) is 13.1 Å². The Morgan fingerprint density at radius 3 is 1.25 bits per heavy atom. The smallest absolute Gasteiger partial charge is 0.173 e. The molecule has 0 aromatic heterocycles. The van der Waals surface area contributed by atoms with E-state index in [1.54, 1.807) is 36.4 Å². The van der Waals surface area contributed by atoms with Gasteiger partial charge in [0.25, 0.3) is 0 Å². The number of halogens is 4. The summed E-state index contributed by atoms with van der Waals surface area (Å²) in [4.78, 5) is 29.0. The first-order valence-electron chi connectivity index (χ1n) is 17.6. The molecule has 0 bridgehead atoms. The van der Waals surface area contributed by atoms with Crippen LogP contribution in [0.3, 0.4) is 0 Å². The number of carbonyl (C=O) groups excluding carboxylic acids is 2. The summed E-state index contributed by atoms with van der Waals surface area (Å²) in [7, 11) is 0. The molecule has 2 aliphatic rings. The Labute approximate surface area is 315 Å².